The topological polar surface area (TPSA) is 78.2 Å². The van der Waals surface area contributed by atoms with Crippen LogP contribution in [0.2, 0.25) is 5.02 Å². The SMILES string of the molecule is CC1(C)C(Oc2ccc(C#N)c(Cl)c2)C(C)(C)C1N1Cc2nc(C#CC3CCC(/C=C4/CCCNCC4)CC3)ccc2C1=O. The van der Waals surface area contributed by atoms with E-state index < -0.39 is 0 Å². The first kappa shape index (κ1) is 30.7. The standard InChI is InChI=1S/C37H43ClN4O2/c1-36(2)34(37(3,4)35(36)44-29-15-12-27(22-39)31(38)21-29)42-23-32-30(33(42)43)16-14-28(41-32)13-11-24-7-9-26(10-8-24)20-25-6-5-18-40-19-17-25/h12,14-16,20-21,24,26,34-35,40H,5-10,17-19,23H2,1-4H3/b25-20-. The van der Waals surface area contributed by atoms with E-state index in [0.29, 0.717) is 40.3 Å². The molecule has 0 unspecified atom stereocenters. The summed E-state index contributed by atoms with van der Waals surface area (Å²) in [5, 5.41) is 13.1. The number of amides is 1. The number of fused-ring (bicyclic) bond motifs is 1. The van der Waals surface area contributed by atoms with Gasteiger partial charge in [-0.3, -0.25) is 4.79 Å². The summed E-state index contributed by atoms with van der Waals surface area (Å²) in [5.74, 6) is 8.62. The molecule has 2 aromatic rings. The second-order valence-electron chi connectivity index (χ2n) is 14.2. The van der Waals surface area contributed by atoms with Crippen molar-refractivity contribution in [3.8, 4) is 23.7 Å². The molecule has 1 aromatic carbocycles. The molecule has 6 rings (SSSR count). The van der Waals surface area contributed by atoms with Gasteiger partial charge >= 0.3 is 0 Å². The number of carbonyl (C=O) groups is 1. The van der Waals surface area contributed by atoms with Crippen LogP contribution >= 0.6 is 11.6 Å². The van der Waals surface area contributed by atoms with E-state index in [1.165, 1.54) is 32.1 Å². The highest BCUT2D eigenvalue weighted by atomic mass is 35.5. The smallest absolute Gasteiger partial charge is 0.256 e. The predicted molar refractivity (Wildman–Crippen MR) is 173 cm³/mol. The van der Waals surface area contributed by atoms with E-state index >= 15 is 0 Å². The first-order valence-corrected chi connectivity index (χ1v) is 16.5. The molecule has 7 heteroatoms. The Morgan fingerprint density at radius 2 is 1.84 bits per heavy atom. The fraction of sp³-hybridized carbons (Fsp3) is 0.541. The molecule has 3 fully saturated rings. The van der Waals surface area contributed by atoms with Crippen LogP contribution in [-0.4, -0.2) is 41.0 Å². The molecule has 2 aliphatic heterocycles. The number of rotatable bonds is 4. The van der Waals surface area contributed by atoms with Crippen molar-refractivity contribution in [1.82, 2.24) is 15.2 Å². The summed E-state index contributed by atoms with van der Waals surface area (Å²) in [6, 6.07) is 11.0. The fourth-order valence-electron chi connectivity index (χ4n) is 8.54. The molecule has 0 bridgehead atoms. The Hall–Kier alpha value is -3.32. The van der Waals surface area contributed by atoms with Gasteiger partial charge in [-0.05, 0) is 94.1 Å². The minimum Gasteiger partial charge on any atom is -0.489 e. The zero-order valence-electron chi connectivity index (χ0n) is 26.4. The molecule has 1 saturated heterocycles. The van der Waals surface area contributed by atoms with E-state index in [1.54, 1.807) is 23.8 Å². The van der Waals surface area contributed by atoms with Gasteiger partial charge in [0.15, 0.2) is 0 Å². The molecule has 4 aliphatic rings. The summed E-state index contributed by atoms with van der Waals surface area (Å²) in [4.78, 5) is 20.5. The number of ether oxygens (including phenoxy) is 1. The summed E-state index contributed by atoms with van der Waals surface area (Å²) in [7, 11) is 0. The second-order valence-corrected chi connectivity index (χ2v) is 14.6. The lowest BCUT2D eigenvalue weighted by molar-refractivity contribution is -0.199. The van der Waals surface area contributed by atoms with E-state index in [2.05, 4.69) is 57.0 Å². The van der Waals surface area contributed by atoms with Crippen LogP contribution in [0, 0.1) is 45.8 Å². The number of hydrogen-bond acceptors (Lipinski definition) is 5. The number of carbonyl (C=O) groups excluding carboxylic acids is 1. The lowest BCUT2D eigenvalue weighted by atomic mass is 9.49. The van der Waals surface area contributed by atoms with Crippen molar-refractivity contribution in [3.05, 3.63) is 69.5 Å². The molecular weight excluding hydrogens is 568 g/mol. The van der Waals surface area contributed by atoms with Crippen LogP contribution in [0.5, 0.6) is 5.75 Å². The number of nitrogens with zero attached hydrogens (tertiary/aromatic N) is 3. The summed E-state index contributed by atoms with van der Waals surface area (Å²) in [5.41, 5.74) is 3.67. The van der Waals surface area contributed by atoms with E-state index in [-0.39, 0.29) is 28.9 Å². The van der Waals surface area contributed by atoms with Crippen LogP contribution in [0.4, 0.5) is 0 Å². The highest BCUT2D eigenvalue weighted by Crippen LogP contribution is 2.59. The molecule has 2 aliphatic carbocycles. The molecule has 0 atom stereocenters. The first-order valence-electron chi connectivity index (χ1n) is 16.2. The van der Waals surface area contributed by atoms with Gasteiger partial charge in [0.2, 0.25) is 0 Å². The van der Waals surface area contributed by atoms with Crippen molar-refractivity contribution in [2.24, 2.45) is 22.7 Å². The molecular formula is C37H43ClN4O2. The maximum atomic E-state index is 13.6. The van der Waals surface area contributed by atoms with Gasteiger partial charge < -0.3 is 15.0 Å². The van der Waals surface area contributed by atoms with Gasteiger partial charge in [0.1, 0.15) is 23.6 Å². The van der Waals surface area contributed by atoms with Gasteiger partial charge in [-0.25, -0.2) is 4.98 Å². The first-order chi connectivity index (χ1) is 21.1. The minimum absolute atomic E-state index is 0.0231. The maximum absolute atomic E-state index is 13.6. The van der Waals surface area contributed by atoms with Gasteiger partial charge in [-0.2, -0.15) is 5.26 Å². The summed E-state index contributed by atoms with van der Waals surface area (Å²) in [6.45, 7) is 11.3. The van der Waals surface area contributed by atoms with E-state index in [1.807, 2.05) is 17.0 Å². The van der Waals surface area contributed by atoms with Crippen molar-refractivity contribution in [1.29, 1.82) is 5.26 Å². The number of hydrogen-bond donors (Lipinski definition) is 1. The Labute approximate surface area is 267 Å². The maximum Gasteiger partial charge on any atom is 0.256 e. The molecule has 1 N–H and O–H groups in total. The molecule has 0 radical (unpaired) electrons. The lowest BCUT2D eigenvalue weighted by Gasteiger charge is -2.65. The minimum atomic E-state index is -0.313. The van der Waals surface area contributed by atoms with Gasteiger partial charge in [0, 0.05) is 28.9 Å². The highest BCUT2D eigenvalue weighted by molar-refractivity contribution is 6.31. The Balaban J connectivity index is 1.09. The zero-order valence-corrected chi connectivity index (χ0v) is 27.1. The Bertz CT molecular complexity index is 1540. The van der Waals surface area contributed by atoms with E-state index in [0.717, 1.165) is 37.3 Å². The number of aromatic nitrogens is 1. The normalized spacial score (nSPS) is 28.2. The molecule has 44 heavy (non-hydrogen) atoms. The Morgan fingerprint density at radius 1 is 1.07 bits per heavy atom. The van der Waals surface area contributed by atoms with Crippen LogP contribution < -0.4 is 10.1 Å². The molecule has 3 heterocycles. The van der Waals surface area contributed by atoms with Crippen LogP contribution in [0.1, 0.15) is 99.9 Å². The third kappa shape index (κ3) is 5.88. The van der Waals surface area contributed by atoms with Crippen molar-refractivity contribution in [3.63, 3.8) is 0 Å². The van der Waals surface area contributed by atoms with E-state index in [9.17, 15) is 10.1 Å². The van der Waals surface area contributed by atoms with Crippen LogP contribution in [0.25, 0.3) is 0 Å². The van der Waals surface area contributed by atoms with Crippen LogP contribution in [0.15, 0.2) is 42.0 Å². The second kappa shape index (κ2) is 12.2. The van der Waals surface area contributed by atoms with Crippen LogP contribution in [-0.2, 0) is 6.54 Å². The molecule has 6 nitrogen and oxygen atoms in total. The number of nitriles is 1. The molecule has 1 amide bonds. The Kier molecular flexibility index (Phi) is 8.53. The third-order valence-electron chi connectivity index (χ3n) is 10.3. The van der Waals surface area contributed by atoms with Crippen LogP contribution in [0.3, 0.4) is 0 Å². The average Bonchev–Trinajstić information content (AvgIpc) is 3.13. The number of halogens is 1. The predicted octanol–water partition coefficient (Wildman–Crippen LogP) is 7.30. The molecule has 1 aromatic heterocycles. The van der Waals surface area contributed by atoms with Gasteiger partial charge in [0.25, 0.3) is 5.91 Å². The van der Waals surface area contributed by atoms with Crippen molar-refractivity contribution in [2.75, 3.05) is 13.1 Å². The van der Waals surface area contributed by atoms with Crippen molar-refractivity contribution in [2.45, 2.75) is 91.3 Å². The van der Waals surface area contributed by atoms with E-state index in [4.69, 9.17) is 21.3 Å². The third-order valence-corrected chi connectivity index (χ3v) is 10.6. The highest BCUT2D eigenvalue weighted by Gasteiger charge is 2.67. The van der Waals surface area contributed by atoms with Crippen molar-refractivity contribution >= 4 is 17.5 Å². The number of pyridine rings is 1. The molecule has 2 saturated carbocycles. The number of nitrogens with one attached hydrogen (secondary N) is 1. The molecule has 0 spiro atoms. The monoisotopic (exact) mass is 610 g/mol. The largest absolute Gasteiger partial charge is 0.489 e. The summed E-state index contributed by atoms with van der Waals surface area (Å²) >= 11 is 6.27. The van der Waals surface area contributed by atoms with Crippen molar-refractivity contribution < 1.29 is 9.53 Å². The van der Waals surface area contributed by atoms with Gasteiger partial charge in [0.05, 0.1) is 28.4 Å². The number of benzene rings is 1. The van der Waals surface area contributed by atoms with Gasteiger partial charge in [-0.1, -0.05) is 56.9 Å². The van der Waals surface area contributed by atoms with Gasteiger partial charge in [-0.15, -0.1) is 0 Å². The summed E-state index contributed by atoms with van der Waals surface area (Å²) in [6.07, 6.45) is 10.8. The molecule has 230 valence electrons. The summed E-state index contributed by atoms with van der Waals surface area (Å²) < 4.78 is 6.45. The lowest BCUT2D eigenvalue weighted by Crippen LogP contribution is -2.74. The zero-order chi connectivity index (χ0) is 31.1. The fourth-order valence-corrected chi connectivity index (χ4v) is 8.75. The quantitative estimate of drug-likeness (QED) is 0.290. The number of allylic oxidation sites excluding steroid dienone is 1. The Morgan fingerprint density at radius 3 is 2.57 bits per heavy atom. The average molecular weight is 611 g/mol.